The van der Waals surface area contributed by atoms with Crippen molar-refractivity contribution in [3.05, 3.63) is 16.9 Å². The number of nitrogens with zero attached hydrogens (tertiary/aromatic N) is 4. The summed E-state index contributed by atoms with van der Waals surface area (Å²) in [6.07, 6.45) is 3.22. The summed E-state index contributed by atoms with van der Waals surface area (Å²) in [6.45, 7) is 5.98. The van der Waals surface area contributed by atoms with Gasteiger partial charge in [0, 0.05) is 32.7 Å². The van der Waals surface area contributed by atoms with Gasteiger partial charge in [0.1, 0.15) is 0 Å². The van der Waals surface area contributed by atoms with Gasteiger partial charge in [0.15, 0.2) is 5.69 Å². The second kappa shape index (κ2) is 8.89. The van der Waals surface area contributed by atoms with Crippen LogP contribution in [0.4, 0.5) is 5.95 Å². The lowest BCUT2D eigenvalue weighted by atomic mass is 10.3. The predicted octanol–water partition coefficient (Wildman–Crippen LogP) is 0.899. The minimum atomic E-state index is -3.49. The van der Waals surface area contributed by atoms with Crippen molar-refractivity contribution in [3.63, 3.8) is 0 Å². The Balaban J connectivity index is 1.58. The fourth-order valence-electron chi connectivity index (χ4n) is 3.45. The molecule has 0 aromatic carbocycles. The summed E-state index contributed by atoms with van der Waals surface area (Å²) in [4.78, 5) is 22.9. The average Bonchev–Trinajstić information content (AvgIpc) is 3.15. The first-order valence-electron chi connectivity index (χ1n) is 9.45. The van der Waals surface area contributed by atoms with Crippen LogP contribution in [0.25, 0.3) is 0 Å². The lowest BCUT2D eigenvalue weighted by Crippen LogP contribution is -2.49. The van der Waals surface area contributed by atoms with E-state index < -0.39 is 15.9 Å². The molecular weight excluding hydrogens is 406 g/mol. The number of morpholine rings is 1. The third-order valence-corrected chi connectivity index (χ3v) is 6.84. The lowest BCUT2D eigenvalue weighted by molar-refractivity contribution is -0.0440. The van der Waals surface area contributed by atoms with Gasteiger partial charge in [-0.15, -0.1) is 0 Å². The van der Waals surface area contributed by atoms with Gasteiger partial charge in [0.05, 0.1) is 29.2 Å². The zero-order valence-corrected chi connectivity index (χ0v) is 17.7. The van der Waals surface area contributed by atoms with Crippen LogP contribution in [-0.2, 0) is 14.8 Å². The van der Waals surface area contributed by atoms with Gasteiger partial charge < -0.3 is 15.0 Å². The summed E-state index contributed by atoms with van der Waals surface area (Å²) in [6, 6.07) is 0. The number of amides is 1. The van der Waals surface area contributed by atoms with Gasteiger partial charge in [-0.05, 0) is 26.7 Å². The second-order valence-corrected chi connectivity index (χ2v) is 9.70. The number of rotatable bonds is 6. The van der Waals surface area contributed by atoms with Crippen molar-refractivity contribution in [2.45, 2.75) is 38.9 Å². The monoisotopic (exact) mass is 431 g/mol. The second-order valence-electron chi connectivity index (χ2n) is 7.21. The highest BCUT2D eigenvalue weighted by atomic mass is 35.5. The molecule has 2 fully saturated rings. The highest BCUT2D eigenvalue weighted by Crippen LogP contribution is 2.20. The van der Waals surface area contributed by atoms with E-state index in [1.807, 2.05) is 18.7 Å². The van der Waals surface area contributed by atoms with Crippen molar-refractivity contribution < 1.29 is 17.9 Å². The van der Waals surface area contributed by atoms with Crippen LogP contribution in [0.5, 0.6) is 0 Å². The van der Waals surface area contributed by atoms with Gasteiger partial charge in [-0.1, -0.05) is 11.6 Å². The van der Waals surface area contributed by atoms with Crippen LogP contribution in [0.2, 0.25) is 5.02 Å². The Bertz CT molecular complexity index is 806. The minimum absolute atomic E-state index is 0.0271. The molecule has 1 amide bonds. The number of ether oxygens (including phenoxy) is 1. The van der Waals surface area contributed by atoms with E-state index in [0.717, 1.165) is 25.9 Å². The number of hydrogen-bond donors (Lipinski definition) is 1. The molecule has 9 nitrogen and oxygen atoms in total. The smallest absolute Gasteiger partial charge is 0.271 e. The Morgan fingerprint density at radius 3 is 2.57 bits per heavy atom. The maximum atomic E-state index is 12.6. The van der Waals surface area contributed by atoms with E-state index in [-0.39, 0.29) is 35.2 Å². The standard InChI is InChI=1S/C17H26ClN5O4S/c1-12-10-23(11-13(2)27-12)28(25,26)8-5-19-16(24)15-14(18)9-20-17(21-15)22-6-3-4-7-22/h9,12-13H,3-8,10-11H2,1-2H3,(H,19,24). The molecule has 0 radical (unpaired) electrons. The molecule has 3 heterocycles. The maximum absolute atomic E-state index is 12.6. The normalized spacial score (nSPS) is 23.8. The molecule has 2 unspecified atom stereocenters. The van der Waals surface area contributed by atoms with Crippen molar-refractivity contribution >= 4 is 33.5 Å². The van der Waals surface area contributed by atoms with Gasteiger partial charge in [-0.3, -0.25) is 4.79 Å². The van der Waals surface area contributed by atoms with Gasteiger partial charge >= 0.3 is 0 Å². The maximum Gasteiger partial charge on any atom is 0.271 e. The van der Waals surface area contributed by atoms with Crippen molar-refractivity contribution in [1.82, 2.24) is 19.6 Å². The topological polar surface area (TPSA) is 105 Å². The van der Waals surface area contributed by atoms with Crippen LogP contribution in [0.1, 0.15) is 37.2 Å². The fraction of sp³-hybridized carbons (Fsp3) is 0.706. The number of sulfonamides is 1. The largest absolute Gasteiger partial charge is 0.373 e. The summed E-state index contributed by atoms with van der Waals surface area (Å²) in [7, 11) is -3.49. The molecule has 0 saturated carbocycles. The van der Waals surface area contributed by atoms with Gasteiger partial charge in [0.2, 0.25) is 16.0 Å². The predicted molar refractivity (Wildman–Crippen MR) is 106 cm³/mol. The van der Waals surface area contributed by atoms with Crippen LogP contribution in [0.3, 0.4) is 0 Å². The summed E-state index contributed by atoms with van der Waals surface area (Å²) in [5, 5.41) is 2.74. The van der Waals surface area contributed by atoms with E-state index in [4.69, 9.17) is 16.3 Å². The first-order valence-corrected chi connectivity index (χ1v) is 11.4. The first kappa shape index (κ1) is 21.2. The molecule has 2 aliphatic heterocycles. The fourth-order valence-corrected chi connectivity index (χ4v) is 5.12. The molecule has 3 rings (SSSR count). The number of hydrogen-bond acceptors (Lipinski definition) is 7. The van der Waals surface area contributed by atoms with E-state index in [1.54, 1.807) is 0 Å². The molecule has 1 aromatic heterocycles. The van der Waals surface area contributed by atoms with E-state index >= 15 is 0 Å². The Morgan fingerprint density at radius 1 is 1.29 bits per heavy atom. The first-order chi connectivity index (χ1) is 13.3. The van der Waals surface area contributed by atoms with Gasteiger partial charge in [-0.2, -0.15) is 4.31 Å². The Labute approximate surface area is 170 Å². The highest BCUT2D eigenvalue weighted by molar-refractivity contribution is 7.89. The third-order valence-electron chi connectivity index (χ3n) is 4.76. The molecule has 1 N–H and O–H groups in total. The zero-order chi connectivity index (χ0) is 20.3. The number of carbonyl (C=O) groups excluding carboxylic acids is 1. The molecule has 1 aromatic rings. The van der Waals surface area contributed by atoms with Crippen LogP contribution in [0.15, 0.2) is 6.20 Å². The molecule has 2 aliphatic rings. The minimum Gasteiger partial charge on any atom is -0.373 e. The van der Waals surface area contributed by atoms with Crippen LogP contribution >= 0.6 is 11.6 Å². The summed E-state index contributed by atoms with van der Waals surface area (Å²) in [5.41, 5.74) is 0.0598. The number of halogens is 1. The molecule has 2 atom stereocenters. The molecule has 156 valence electrons. The number of nitrogens with one attached hydrogen (secondary N) is 1. The van der Waals surface area contributed by atoms with Crippen LogP contribution in [0, 0.1) is 0 Å². The van der Waals surface area contributed by atoms with Crippen molar-refractivity contribution in [3.8, 4) is 0 Å². The van der Waals surface area contributed by atoms with E-state index in [1.165, 1.54) is 10.5 Å². The number of carbonyl (C=O) groups is 1. The molecule has 0 spiro atoms. The molecule has 0 bridgehead atoms. The molecule has 2 saturated heterocycles. The lowest BCUT2D eigenvalue weighted by Gasteiger charge is -2.34. The summed E-state index contributed by atoms with van der Waals surface area (Å²) in [5.74, 6) is -0.234. The molecular formula is C17H26ClN5O4S. The SMILES string of the molecule is CC1CN(S(=O)(=O)CCNC(=O)c2nc(N3CCCC3)ncc2Cl)CC(C)O1. The Morgan fingerprint density at radius 2 is 1.93 bits per heavy atom. The molecule has 11 heteroatoms. The van der Waals surface area contributed by atoms with Crippen molar-refractivity contribution in [2.75, 3.05) is 43.4 Å². The Kier molecular flexibility index (Phi) is 6.74. The highest BCUT2D eigenvalue weighted by Gasteiger charge is 2.30. The molecule has 0 aliphatic carbocycles. The van der Waals surface area contributed by atoms with Gasteiger partial charge in [0.25, 0.3) is 5.91 Å². The summed E-state index contributed by atoms with van der Waals surface area (Å²) < 4.78 is 32.1. The van der Waals surface area contributed by atoms with Crippen LogP contribution in [-0.4, -0.2) is 79.3 Å². The number of aromatic nitrogens is 2. The number of anilines is 1. The quantitative estimate of drug-likeness (QED) is 0.713. The summed E-state index contributed by atoms with van der Waals surface area (Å²) >= 11 is 6.08. The Hall–Kier alpha value is -1.49. The average molecular weight is 432 g/mol. The van der Waals surface area contributed by atoms with Gasteiger partial charge in [-0.25, -0.2) is 18.4 Å². The molecule has 28 heavy (non-hydrogen) atoms. The van der Waals surface area contributed by atoms with E-state index in [2.05, 4.69) is 15.3 Å². The van der Waals surface area contributed by atoms with E-state index in [0.29, 0.717) is 19.0 Å². The van der Waals surface area contributed by atoms with E-state index in [9.17, 15) is 13.2 Å². The van der Waals surface area contributed by atoms with Crippen molar-refractivity contribution in [2.24, 2.45) is 0 Å². The van der Waals surface area contributed by atoms with Crippen LogP contribution < -0.4 is 10.2 Å². The zero-order valence-electron chi connectivity index (χ0n) is 16.1. The van der Waals surface area contributed by atoms with Crippen molar-refractivity contribution in [1.29, 1.82) is 0 Å². The third kappa shape index (κ3) is 5.11.